The first kappa shape index (κ1) is 17.2. The van der Waals surface area contributed by atoms with Gasteiger partial charge in [0.25, 0.3) is 0 Å². The molecule has 0 N–H and O–H groups in total. The molecular weight excluding hydrogens is 322 g/mol. The van der Waals surface area contributed by atoms with Crippen molar-refractivity contribution in [3.8, 4) is 5.75 Å². The van der Waals surface area contributed by atoms with Gasteiger partial charge in [-0.3, -0.25) is 0 Å². The van der Waals surface area contributed by atoms with Gasteiger partial charge in [0, 0.05) is 0 Å². The molecule has 0 aliphatic heterocycles. The van der Waals surface area contributed by atoms with Gasteiger partial charge in [0.15, 0.2) is 0 Å². The minimum atomic E-state index is -4.86. The summed E-state index contributed by atoms with van der Waals surface area (Å²) in [5.74, 6) is 0.371. The van der Waals surface area contributed by atoms with Gasteiger partial charge in [0.2, 0.25) is 0 Å². The van der Waals surface area contributed by atoms with Crippen molar-refractivity contribution in [2.24, 2.45) is 0 Å². The normalized spacial score (nSPS) is 12.3. The lowest BCUT2D eigenvalue weighted by Gasteiger charge is -2.14. The minimum absolute atomic E-state index is 0.0934. The molecule has 2 aromatic rings. The van der Waals surface area contributed by atoms with Crippen molar-refractivity contribution < 1.29 is 31.1 Å². The molecule has 0 saturated heterocycles. The summed E-state index contributed by atoms with van der Waals surface area (Å²) in [7, 11) is 0. The van der Waals surface area contributed by atoms with E-state index in [0.29, 0.717) is 17.9 Å². The van der Waals surface area contributed by atoms with Crippen LogP contribution in [-0.4, -0.2) is 0 Å². The van der Waals surface area contributed by atoms with Crippen LogP contribution in [0.3, 0.4) is 0 Å². The van der Waals surface area contributed by atoms with Gasteiger partial charge >= 0.3 is 12.4 Å². The first-order valence-electron chi connectivity index (χ1n) is 6.53. The molecule has 0 aliphatic rings. The van der Waals surface area contributed by atoms with E-state index in [9.17, 15) is 26.3 Å². The first-order chi connectivity index (χ1) is 10.6. The molecule has 0 aliphatic carbocycles. The Hall–Kier alpha value is -2.18. The van der Waals surface area contributed by atoms with Gasteiger partial charge in [-0.15, -0.1) is 0 Å². The smallest absolute Gasteiger partial charge is 0.416 e. The molecule has 0 atom stereocenters. The highest BCUT2D eigenvalue weighted by molar-refractivity contribution is 5.34. The number of benzene rings is 2. The van der Waals surface area contributed by atoms with E-state index in [1.54, 1.807) is 31.2 Å². The van der Waals surface area contributed by atoms with E-state index in [1.807, 2.05) is 0 Å². The number of ether oxygens (including phenoxy) is 1. The fourth-order valence-corrected chi connectivity index (χ4v) is 1.97. The van der Waals surface area contributed by atoms with Crippen LogP contribution in [0, 0.1) is 6.92 Å². The van der Waals surface area contributed by atoms with Crippen molar-refractivity contribution >= 4 is 0 Å². The molecule has 0 unspecified atom stereocenters. The third-order valence-electron chi connectivity index (χ3n) is 3.04. The molecule has 2 rings (SSSR count). The van der Waals surface area contributed by atoms with Gasteiger partial charge in [-0.25, -0.2) is 0 Å². The highest BCUT2D eigenvalue weighted by Crippen LogP contribution is 2.36. The van der Waals surface area contributed by atoms with E-state index < -0.39 is 30.1 Å². The third-order valence-corrected chi connectivity index (χ3v) is 3.04. The minimum Gasteiger partial charge on any atom is -0.489 e. The van der Waals surface area contributed by atoms with Crippen LogP contribution in [0.4, 0.5) is 26.3 Å². The summed E-state index contributed by atoms with van der Waals surface area (Å²) in [4.78, 5) is 0. The summed E-state index contributed by atoms with van der Waals surface area (Å²) in [5, 5.41) is 0. The molecule has 0 spiro atoms. The van der Waals surface area contributed by atoms with Crippen LogP contribution in [0.15, 0.2) is 42.5 Å². The number of hydrogen-bond acceptors (Lipinski definition) is 1. The van der Waals surface area contributed by atoms with Crippen LogP contribution < -0.4 is 4.74 Å². The topological polar surface area (TPSA) is 9.23 Å². The van der Waals surface area contributed by atoms with E-state index in [2.05, 4.69) is 0 Å². The van der Waals surface area contributed by atoms with Crippen molar-refractivity contribution in [3.63, 3.8) is 0 Å². The molecular formula is C16H12F6O. The van der Waals surface area contributed by atoms with Crippen molar-refractivity contribution in [2.75, 3.05) is 0 Å². The first-order valence-corrected chi connectivity index (χ1v) is 6.53. The lowest BCUT2D eigenvalue weighted by atomic mass is 10.1. The summed E-state index contributed by atoms with van der Waals surface area (Å²) in [6.07, 6.45) is -9.72. The number of aryl methyl sites for hydroxylation is 1. The maximum atomic E-state index is 12.7. The van der Waals surface area contributed by atoms with E-state index >= 15 is 0 Å². The molecule has 124 valence electrons. The van der Waals surface area contributed by atoms with Gasteiger partial charge in [0.05, 0.1) is 11.1 Å². The Bertz CT molecular complexity index is 655. The van der Waals surface area contributed by atoms with Crippen LogP contribution in [0.5, 0.6) is 5.75 Å². The second kappa shape index (κ2) is 6.14. The molecule has 0 saturated carbocycles. The summed E-state index contributed by atoms with van der Waals surface area (Å²) in [6, 6.07) is 8.09. The number of hydrogen-bond donors (Lipinski definition) is 0. The van der Waals surface area contributed by atoms with Gasteiger partial charge in [-0.1, -0.05) is 12.1 Å². The lowest BCUT2D eigenvalue weighted by molar-refractivity contribution is -0.143. The molecule has 0 radical (unpaired) electrons. The Labute approximate surface area is 128 Å². The zero-order valence-electron chi connectivity index (χ0n) is 11.9. The van der Waals surface area contributed by atoms with E-state index in [4.69, 9.17) is 4.74 Å². The van der Waals surface area contributed by atoms with Crippen molar-refractivity contribution in [1.29, 1.82) is 0 Å². The van der Waals surface area contributed by atoms with E-state index in [-0.39, 0.29) is 11.6 Å². The summed E-state index contributed by atoms with van der Waals surface area (Å²) in [6.45, 7) is 1.40. The van der Waals surface area contributed by atoms with Crippen LogP contribution >= 0.6 is 0 Å². The largest absolute Gasteiger partial charge is 0.489 e. The van der Waals surface area contributed by atoms with E-state index in [0.717, 1.165) is 5.56 Å². The SMILES string of the molecule is Cc1cccc(OCc2cc(C(F)(F)F)cc(C(F)(F)F)c2)c1. The highest BCUT2D eigenvalue weighted by Gasteiger charge is 2.36. The zero-order valence-corrected chi connectivity index (χ0v) is 11.9. The Balaban J connectivity index is 2.30. The fraction of sp³-hybridized carbons (Fsp3) is 0.250. The van der Waals surface area contributed by atoms with Crippen molar-refractivity contribution in [2.45, 2.75) is 25.9 Å². The van der Waals surface area contributed by atoms with Gasteiger partial charge < -0.3 is 4.74 Å². The summed E-state index contributed by atoms with van der Waals surface area (Å²) >= 11 is 0. The maximum absolute atomic E-state index is 12.7. The fourth-order valence-electron chi connectivity index (χ4n) is 1.97. The molecule has 23 heavy (non-hydrogen) atoms. The Morgan fingerprint density at radius 1 is 0.826 bits per heavy atom. The molecule has 7 heteroatoms. The standard InChI is InChI=1S/C16H12F6O/c1-10-3-2-4-14(5-10)23-9-11-6-12(15(17,18)19)8-13(7-11)16(20,21)22/h2-8H,9H2,1H3. The molecule has 1 nitrogen and oxygen atoms in total. The second-order valence-corrected chi connectivity index (χ2v) is 5.02. The zero-order chi connectivity index (χ0) is 17.3. The van der Waals surface area contributed by atoms with Crippen LogP contribution in [-0.2, 0) is 19.0 Å². The highest BCUT2D eigenvalue weighted by atomic mass is 19.4. The van der Waals surface area contributed by atoms with Crippen molar-refractivity contribution in [3.05, 3.63) is 64.7 Å². The Kier molecular flexibility index (Phi) is 4.58. The number of alkyl halides is 6. The second-order valence-electron chi connectivity index (χ2n) is 5.02. The van der Waals surface area contributed by atoms with Crippen molar-refractivity contribution in [1.82, 2.24) is 0 Å². The molecule has 0 aromatic heterocycles. The summed E-state index contributed by atoms with van der Waals surface area (Å²) in [5.41, 5.74) is -2.04. The molecule has 2 aromatic carbocycles. The monoisotopic (exact) mass is 334 g/mol. The predicted molar refractivity (Wildman–Crippen MR) is 72.0 cm³/mol. The molecule has 0 bridgehead atoms. The Morgan fingerprint density at radius 2 is 1.39 bits per heavy atom. The molecule has 0 amide bonds. The maximum Gasteiger partial charge on any atom is 0.416 e. The van der Waals surface area contributed by atoms with Crippen LogP contribution in [0.1, 0.15) is 22.3 Å². The number of halogens is 6. The van der Waals surface area contributed by atoms with Gasteiger partial charge in [-0.05, 0) is 48.4 Å². The van der Waals surface area contributed by atoms with Crippen LogP contribution in [0.25, 0.3) is 0 Å². The Morgan fingerprint density at radius 3 is 1.87 bits per heavy atom. The average Bonchev–Trinajstić information content (AvgIpc) is 2.43. The third kappa shape index (κ3) is 4.64. The quantitative estimate of drug-likeness (QED) is 0.663. The average molecular weight is 334 g/mol. The number of rotatable bonds is 3. The summed E-state index contributed by atoms with van der Waals surface area (Å²) < 4.78 is 81.7. The molecule has 0 heterocycles. The van der Waals surface area contributed by atoms with E-state index in [1.165, 1.54) is 0 Å². The van der Waals surface area contributed by atoms with Crippen LogP contribution in [0.2, 0.25) is 0 Å². The van der Waals surface area contributed by atoms with Gasteiger partial charge in [-0.2, -0.15) is 26.3 Å². The predicted octanol–water partition coefficient (Wildman–Crippen LogP) is 5.61. The lowest BCUT2D eigenvalue weighted by Crippen LogP contribution is -2.12. The molecule has 0 fully saturated rings. The van der Waals surface area contributed by atoms with Gasteiger partial charge in [0.1, 0.15) is 12.4 Å².